The van der Waals surface area contributed by atoms with Gasteiger partial charge in [0.2, 0.25) is 6.79 Å². The highest BCUT2D eigenvalue weighted by Gasteiger charge is 2.21. The van der Waals surface area contributed by atoms with E-state index in [4.69, 9.17) is 18.9 Å². The SMILES string of the molecule is CCOc1ccc(OCC(=O)N2CCN(CCNC(=O)c3ccc4c(c3)OCO4)CC2)cc1. The molecule has 0 aromatic heterocycles. The molecule has 2 aliphatic rings. The van der Waals surface area contributed by atoms with Gasteiger partial charge in [-0.05, 0) is 49.4 Å². The Labute approximate surface area is 193 Å². The lowest BCUT2D eigenvalue weighted by molar-refractivity contribution is -0.135. The molecule has 2 aromatic rings. The normalized spacial score (nSPS) is 15.2. The van der Waals surface area contributed by atoms with Gasteiger partial charge in [0.1, 0.15) is 11.5 Å². The third-order valence-electron chi connectivity index (χ3n) is 5.57. The van der Waals surface area contributed by atoms with Gasteiger partial charge in [0.25, 0.3) is 11.8 Å². The summed E-state index contributed by atoms with van der Waals surface area (Å²) in [5, 5.41) is 2.94. The molecule has 2 amide bonds. The van der Waals surface area contributed by atoms with Crippen LogP contribution in [-0.2, 0) is 4.79 Å². The maximum atomic E-state index is 12.5. The average Bonchev–Trinajstić information content (AvgIpc) is 3.32. The van der Waals surface area contributed by atoms with Crippen molar-refractivity contribution in [3.63, 3.8) is 0 Å². The van der Waals surface area contributed by atoms with Crippen molar-refractivity contribution in [2.45, 2.75) is 6.92 Å². The Morgan fingerprint density at radius 1 is 0.939 bits per heavy atom. The third-order valence-corrected chi connectivity index (χ3v) is 5.57. The summed E-state index contributed by atoms with van der Waals surface area (Å²) >= 11 is 0. The van der Waals surface area contributed by atoms with Gasteiger partial charge in [0.05, 0.1) is 6.61 Å². The van der Waals surface area contributed by atoms with Crippen LogP contribution in [0.25, 0.3) is 0 Å². The van der Waals surface area contributed by atoms with Gasteiger partial charge in [-0.25, -0.2) is 0 Å². The molecule has 0 bridgehead atoms. The van der Waals surface area contributed by atoms with Crippen LogP contribution in [0.15, 0.2) is 42.5 Å². The van der Waals surface area contributed by atoms with Crippen LogP contribution < -0.4 is 24.3 Å². The standard InChI is InChI=1S/C24H29N3O6/c1-2-30-19-4-6-20(7-5-19)31-16-23(28)27-13-11-26(12-14-27)10-9-25-24(29)18-3-8-21-22(15-18)33-17-32-21/h3-8,15H,2,9-14,16-17H2,1H3,(H,25,29). The molecule has 2 heterocycles. The van der Waals surface area contributed by atoms with Gasteiger partial charge >= 0.3 is 0 Å². The number of fused-ring (bicyclic) bond motifs is 1. The minimum atomic E-state index is -0.145. The summed E-state index contributed by atoms with van der Waals surface area (Å²) in [6.45, 7) is 6.79. The van der Waals surface area contributed by atoms with E-state index in [1.807, 2.05) is 24.0 Å². The highest BCUT2D eigenvalue weighted by atomic mass is 16.7. The number of piperazine rings is 1. The maximum Gasteiger partial charge on any atom is 0.260 e. The number of benzene rings is 2. The molecule has 2 aliphatic heterocycles. The van der Waals surface area contributed by atoms with Crippen molar-refractivity contribution in [2.24, 2.45) is 0 Å². The van der Waals surface area contributed by atoms with Gasteiger partial charge in [-0.1, -0.05) is 0 Å². The Bertz CT molecular complexity index is 957. The fraction of sp³-hybridized carbons (Fsp3) is 0.417. The average molecular weight is 456 g/mol. The topological polar surface area (TPSA) is 89.6 Å². The van der Waals surface area contributed by atoms with Crippen molar-refractivity contribution < 1.29 is 28.5 Å². The van der Waals surface area contributed by atoms with Crippen LogP contribution in [0.4, 0.5) is 0 Å². The molecule has 9 nitrogen and oxygen atoms in total. The Balaban J connectivity index is 1.13. The van der Waals surface area contributed by atoms with Crippen LogP contribution in [0.1, 0.15) is 17.3 Å². The van der Waals surface area contributed by atoms with E-state index in [2.05, 4.69) is 10.2 Å². The Hall–Kier alpha value is -3.46. The summed E-state index contributed by atoms with van der Waals surface area (Å²) in [6.07, 6.45) is 0. The number of carbonyl (C=O) groups is 2. The van der Waals surface area contributed by atoms with Crippen LogP contribution in [0.3, 0.4) is 0 Å². The van der Waals surface area contributed by atoms with Crippen molar-refractivity contribution in [1.29, 1.82) is 0 Å². The molecule has 0 radical (unpaired) electrons. The minimum Gasteiger partial charge on any atom is -0.494 e. The zero-order valence-corrected chi connectivity index (χ0v) is 18.7. The fourth-order valence-corrected chi connectivity index (χ4v) is 3.72. The molecule has 0 spiro atoms. The van der Waals surface area contributed by atoms with Gasteiger partial charge in [0.15, 0.2) is 18.1 Å². The van der Waals surface area contributed by atoms with Gasteiger partial charge in [-0.15, -0.1) is 0 Å². The first kappa shape index (κ1) is 22.7. The van der Waals surface area contributed by atoms with Crippen molar-refractivity contribution in [3.05, 3.63) is 48.0 Å². The molecule has 9 heteroatoms. The molecule has 1 saturated heterocycles. The molecule has 2 aromatic carbocycles. The Morgan fingerprint density at radius 3 is 2.36 bits per heavy atom. The first-order valence-electron chi connectivity index (χ1n) is 11.2. The predicted molar refractivity (Wildman–Crippen MR) is 121 cm³/mol. The second-order valence-corrected chi connectivity index (χ2v) is 7.74. The van der Waals surface area contributed by atoms with Gasteiger partial charge in [0, 0.05) is 44.8 Å². The summed E-state index contributed by atoms with van der Waals surface area (Å²) in [5.41, 5.74) is 0.544. The fourth-order valence-electron chi connectivity index (χ4n) is 3.72. The number of nitrogens with one attached hydrogen (secondary N) is 1. The zero-order valence-electron chi connectivity index (χ0n) is 18.7. The second kappa shape index (κ2) is 10.9. The molecular weight excluding hydrogens is 426 g/mol. The summed E-state index contributed by atoms with van der Waals surface area (Å²) < 4.78 is 21.6. The molecule has 176 valence electrons. The molecule has 33 heavy (non-hydrogen) atoms. The van der Waals surface area contributed by atoms with Crippen LogP contribution in [-0.4, -0.2) is 80.9 Å². The molecule has 1 fully saturated rings. The molecular formula is C24H29N3O6. The molecule has 0 saturated carbocycles. The number of ether oxygens (including phenoxy) is 4. The number of hydrogen-bond acceptors (Lipinski definition) is 7. The number of amides is 2. The van der Waals surface area contributed by atoms with Crippen LogP contribution in [0.5, 0.6) is 23.0 Å². The summed E-state index contributed by atoms with van der Waals surface area (Å²) in [5.74, 6) is 2.50. The zero-order chi connectivity index (χ0) is 23.0. The van der Waals surface area contributed by atoms with E-state index in [0.717, 1.165) is 25.4 Å². The molecule has 1 N–H and O–H groups in total. The van der Waals surface area contributed by atoms with E-state index in [0.29, 0.717) is 49.1 Å². The van der Waals surface area contributed by atoms with Crippen molar-refractivity contribution in [1.82, 2.24) is 15.1 Å². The quantitative estimate of drug-likeness (QED) is 0.616. The summed E-state index contributed by atoms with van der Waals surface area (Å²) in [4.78, 5) is 28.9. The first-order chi connectivity index (χ1) is 16.1. The van der Waals surface area contributed by atoms with Crippen LogP contribution in [0, 0.1) is 0 Å². The molecule has 0 aliphatic carbocycles. The number of rotatable bonds is 9. The van der Waals surface area contributed by atoms with Gasteiger partial charge < -0.3 is 29.2 Å². The summed E-state index contributed by atoms with van der Waals surface area (Å²) in [7, 11) is 0. The van der Waals surface area contributed by atoms with E-state index >= 15 is 0 Å². The van der Waals surface area contributed by atoms with E-state index in [-0.39, 0.29) is 25.2 Å². The van der Waals surface area contributed by atoms with Crippen LogP contribution in [0.2, 0.25) is 0 Å². The maximum absolute atomic E-state index is 12.5. The lowest BCUT2D eigenvalue weighted by atomic mass is 10.2. The minimum absolute atomic E-state index is 0.0135. The van der Waals surface area contributed by atoms with E-state index in [9.17, 15) is 9.59 Å². The lowest BCUT2D eigenvalue weighted by Gasteiger charge is -2.34. The van der Waals surface area contributed by atoms with Crippen molar-refractivity contribution in [2.75, 3.05) is 59.3 Å². The first-order valence-corrected chi connectivity index (χ1v) is 11.2. The molecule has 4 rings (SSSR count). The number of carbonyl (C=O) groups excluding carboxylic acids is 2. The number of hydrogen-bond donors (Lipinski definition) is 1. The van der Waals surface area contributed by atoms with E-state index in [1.54, 1.807) is 30.3 Å². The third kappa shape index (κ3) is 6.07. The highest BCUT2D eigenvalue weighted by molar-refractivity contribution is 5.94. The lowest BCUT2D eigenvalue weighted by Crippen LogP contribution is -2.51. The second-order valence-electron chi connectivity index (χ2n) is 7.74. The Kier molecular flexibility index (Phi) is 7.51. The Morgan fingerprint density at radius 2 is 1.64 bits per heavy atom. The predicted octanol–water partition coefficient (Wildman–Crippen LogP) is 1.77. The summed E-state index contributed by atoms with van der Waals surface area (Å²) in [6, 6.07) is 12.4. The number of nitrogens with zero attached hydrogens (tertiary/aromatic N) is 2. The molecule has 0 atom stereocenters. The highest BCUT2D eigenvalue weighted by Crippen LogP contribution is 2.32. The monoisotopic (exact) mass is 455 g/mol. The van der Waals surface area contributed by atoms with E-state index in [1.165, 1.54) is 0 Å². The van der Waals surface area contributed by atoms with Crippen molar-refractivity contribution in [3.8, 4) is 23.0 Å². The van der Waals surface area contributed by atoms with Gasteiger partial charge in [-0.2, -0.15) is 0 Å². The van der Waals surface area contributed by atoms with E-state index < -0.39 is 0 Å². The van der Waals surface area contributed by atoms with Crippen molar-refractivity contribution >= 4 is 11.8 Å². The molecule has 0 unspecified atom stereocenters. The van der Waals surface area contributed by atoms with Gasteiger partial charge in [-0.3, -0.25) is 14.5 Å². The van der Waals surface area contributed by atoms with Crippen LogP contribution >= 0.6 is 0 Å². The smallest absolute Gasteiger partial charge is 0.260 e. The largest absolute Gasteiger partial charge is 0.494 e.